The van der Waals surface area contributed by atoms with Gasteiger partial charge in [-0.2, -0.15) is 11.8 Å². The summed E-state index contributed by atoms with van der Waals surface area (Å²) in [5.74, 6) is 1.09. The summed E-state index contributed by atoms with van der Waals surface area (Å²) >= 11 is 1.57. The van der Waals surface area contributed by atoms with Crippen molar-refractivity contribution in [3.05, 3.63) is 0 Å². The van der Waals surface area contributed by atoms with E-state index < -0.39 is 5.97 Å². The summed E-state index contributed by atoms with van der Waals surface area (Å²) < 4.78 is 5.18. The second-order valence-corrected chi connectivity index (χ2v) is 5.33. The van der Waals surface area contributed by atoms with E-state index in [2.05, 4.69) is 6.92 Å². The molecule has 0 saturated heterocycles. The molecule has 16 heavy (non-hydrogen) atoms. The van der Waals surface area contributed by atoms with E-state index >= 15 is 0 Å². The summed E-state index contributed by atoms with van der Waals surface area (Å²) in [7, 11) is 0. The fraction of sp³-hybridized carbons (Fsp3) is 0.818. The third-order valence-corrected chi connectivity index (χ3v) is 3.52. The third-order valence-electron chi connectivity index (χ3n) is 2.45. The number of carbonyl (C=O) groups is 2. The van der Waals surface area contributed by atoms with Crippen LogP contribution < -0.4 is 0 Å². The van der Waals surface area contributed by atoms with Crippen molar-refractivity contribution in [2.75, 3.05) is 11.5 Å². The fourth-order valence-electron chi connectivity index (χ4n) is 1.26. The lowest BCUT2D eigenvalue weighted by Crippen LogP contribution is -2.07. The number of carboxylic acid groups (broad SMARTS) is 1. The second kappa shape index (κ2) is 6.78. The highest BCUT2D eigenvalue weighted by atomic mass is 32.2. The molecule has 0 heterocycles. The Morgan fingerprint density at radius 3 is 2.62 bits per heavy atom. The van der Waals surface area contributed by atoms with Crippen LogP contribution in [0.5, 0.6) is 0 Å². The minimum atomic E-state index is -0.769. The van der Waals surface area contributed by atoms with Crippen LogP contribution in [0.4, 0.5) is 0 Å². The molecule has 5 heteroatoms. The fourth-order valence-corrected chi connectivity index (χ4v) is 2.13. The molecular formula is C11H18O4S. The maximum Gasteiger partial charge on any atom is 0.306 e. The Bertz CT molecular complexity index is 254. The first-order valence-electron chi connectivity index (χ1n) is 5.58. The van der Waals surface area contributed by atoms with E-state index in [0.29, 0.717) is 18.1 Å². The molecule has 0 aromatic rings. The molecule has 0 bridgehead atoms. The van der Waals surface area contributed by atoms with Gasteiger partial charge in [-0.15, -0.1) is 0 Å². The molecule has 0 aromatic carbocycles. The number of thioether (sulfide) groups is 1. The highest BCUT2D eigenvalue weighted by Crippen LogP contribution is 2.33. The van der Waals surface area contributed by atoms with Gasteiger partial charge in [0.05, 0.1) is 6.42 Å². The van der Waals surface area contributed by atoms with Crippen molar-refractivity contribution in [2.45, 2.75) is 38.7 Å². The lowest BCUT2D eigenvalue weighted by atomic mass is 10.3. The van der Waals surface area contributed by atoms with Gasteiger partial charge in [-0.3, -0.25) is 9.59 Å². The molecule has 1 fully saturated rings. The predicted octanol–water partition coefficient (Wildman–Crippen LogP) is 1.93. The summed E-state index contributed by atoms with van der Waals surface area (Å²) in [5, 5.41) is 8.40. The number of ether oxygens (including phenoxy) is 1. The first-order chi connectivity index (χ1) is 7.59. The van der Waals surface area contributed by atoms with Crippen LogP contribution in [0.2, 0.25) is 0 Å². The molecule has 1 rings (SSSR count). The Morgan fingerprint density at radius 2 is 2.06 bits per heavy atom. The van der Waals surface area contributed by atoms with E-state index in [0.717, 1.165) is 18.6 Å². The van der Waals surface area contributed by atoms with Crippen LogP contribution in [0.1, 0.15) is 32.6 Å². The molecule has 4 nitrogen and oxygen atoms in total. The lowest BCUT2D eigenvalue weighted by Gasteiger charge is -2.03. The normalized spacial score (nSPS) is 22.8. The number of carbonyl (C=O) groups excluding carboxylic acids is 1. The van der Waals surface area contributed by atoms with E-state index in [4.69, 9.17) is 9.84 Å². The summed E-state index contributed by atoms with van der Waals surface area (Å²) in [5.41, 5.74) is 0. The van der Waals surface area contributed by atoms with Crippen LogP contribution in [-0.4, -0.2) is 34.7 Å². The van der Waals surface area contributed by atoms with E-state index in [1.54, 1.807) is 11.8 Å². The summed E-state index contributed by atoms with van der Waals surface area (Å²) in [6.45, 7) is 2.07. The van der Waals surface area contributed by atoms with Gasteiger partial charge >= 0.3 is 11.9 Å². The maximum atomic E-state index is 11.3. The SMILES string of the molecule is CC1CC1OC(=O)CCCSCCC(=O)O. The average Bonchev–Trinajstić information content (AvgIpc) is 2.87. The maximum absolute atomic E-state index is 11.3. The second-order valence-electron chi connectivity index (χ2n) is 4.10. The molecule has 1 N–H and O–H groups in total. The summed E-state index contributed by atoms with van der Waals surface area (Å²) in [6, 6.07) is 0. The highest BCUT2D eigenvalue weighted by molar-refractivity contribution is 7.99. The van der Waals surface area contributed by atoms with Gasteiger partial charge in [0.2, 0.25) is 0 Å². The van der Waals surface area contributed by atoms with Crippen LogP contribution in [-0.2, 0) is 14.3 Å². The van der Waals surface area contributed by atoms with Gasteiger partial charge in [-0.25, -0.2) is 0 Å². The first-order valence-corrected chi connectivity index (χ1v) is 6.74. The quantitative estimate of drug-likeness (QED) is 0.523. The van der Waals surface area contributed by atoms with Crippen molar-refractivity contribution < 1.29 is 19.4 Å². The van der Waals surface area contributed by atoms with E-state index in [-0.39, 0.29) is 18.5 Å². The Kier molecular flexibility index (Phi) is 5.66. The molecule has 2 atom stereocenters. The molecule has 0 aliphatic heterocycles. The first kappa shape index (κ1) is 13.4. The minimum Gasteiger partial charge on any atom is -0.481 e. The minimum absolute atomic E-state index is 0.117. The Balaban J connectivity index is 1.86. The number of hydrogen-bond acceptors (Lipinski definition) is 4. The van der Waals surface area contributed by atoms with Gasteiger partial charge in [0, 0.05) is 12.2 Å². The monoisotopic (exact) mass is 246 g/mol. The standard InChI is InChI=1S/C11H18O4S/c1-8-7-9(8)15-11(14)3-2-5-16-6-4-10(12)13/h8-9H,2-7H2,1H3,(H,12,13). The molecule has 0 spiro atoms. The molecule has 2 unspecified atom stereocenters. The predicted molar refractivity (Wildman–Crippen MR) is 62.5 cm³/mol. The van der Waals surface area contributed by atoms with Crippen LogP contribution in [0, 0.1) is 5.92 Å². The van der Waals surface area contributed by atoms with Crippen molar-refractivity contribution in [3.8, 4) is 0 Å². The van der Waals surface area contributed by atoms with Gasteiger partial charge in [-0.1, -0.05) is 6.92 Å². The van der Waals surface area contributed by atoms with Crippen LogP contribution >= 0.6 is 11.8 Å². The molecular weight excluding hydrogens is 228 g/mol. The number of esters is 1. The van der Waals surface area contributed by atoms with E-state index in [1.165, 1.54) is 0 Å². The number of aliphatic carboxylic acids is 1. The Hall–Kier alpha value is -0.710. The van der Waals surface area contributed by atoms with Crippen molar-refractivity contribution in [1.82, 2.24) is 0 Å². The zero-order chi connectivity index (χ0) is 12.0. The third kappa shape index (κ3) is 6.00. The van der Waals surface area contributed by atoms with Crippen molar-refractivity contribution in [2.24, 2.45) is 5.92 Å². The zero-order valence-electron chi connectivity index (χ0n) is 9.48. The Labute approximate surface area is 99.7 Å². The van der Waals surface area contributed by atoms with Gasteiger partial charge in [0.25, 0.3) is 0 Å². The van der Waals surface area contributed by atoms with Crippen LogP contribution in [0.25, 0.3) is 0 Å². The van der Waals surface area contributed by atoms with Gasteiger partial charge in [0.1, 0.15) is 6.10 Å². The van der Waals surface area contributed by atoms with Gasteiger partial charge < -0.3 is 9.84 Å². The van der Waals surface area contributed by atoms with Crippen LogP contribution in [0.15, 0.2) is 0 Å². The van der Waals surface area contributed by atoms with Crippen molar-refractivity contribution >= 4 is 23.7 Å². The molecule has 92 valence electrons. The molecule has 0 radical (unpaired) electrons. The van der Waals surface area contributed by atoms with Gasteiger partial charge in [-0.05, 0) is 24.5 Å². The number of rotatable bonds is 8. The van der Waals surface area contributed by atoms with E-state index in [1.807, 2.05) is 0 Å². The number of hydrogen-bond donors (Lipinski definition) is 1. The molecule has 0 amide bonds. The van der Waals surface area contributed by atoms with Gasteiger partial charge in [0.15, 0.2) is 0 Å². The van der Waals surface area contributed by atoms with Crippen LogP contribution in [0.3, 0.4) is 0 Å². The largest absolute Gasteiger partial charge is 0.481 e. The molecule has 1 aliphatic rings. The molecule has 1 saturated carbocycles. The average molecular weight is 246 g/mol. The Morgan fingerprint density at radius 1 is 1.38 bits per heavy atom. The highest BCUT2D eigenvalue weighted by Gasteiger charge is 2.36. The topological polar surface area (TPSA) is 63.6 Å². The summed E-state index contributed by atoms with van der Waals surface area (Å²) in [4.78, 5) is 21.5. The van der Waals surface area contributed by atoms with Crippen molar-refractivity contribution in [1.29, 1.82) is 0 Å². The molecule has 0 aromatic heterocycles. The van der Waals surface area contributed by atoms with E-state index in [9.17, 15) is 9.59 Å². The lowest BCUT2D eigenvalue weighted by molar-refractivity contribution is -0.145. The summed E-state index contributed by atoms with van der Waals surface area (Å²) in [6.07, 6.45) is 2.56. The smallest absolute Gasteiger partial charge is 0.306 e. The molecule has 1 aliphatic carbocycles. The number of carboxylic acids is 1. The van der Waals surface area contributed by atoms with Crippen molar-refractivity contribution in [3.63, 3.8) is 0 Å². The zero-order valence-corrected chi connectivity index (χ0v) is 10.3.